The lowest BCUT2D eigenvalue weighted by Gasteiger charge is -2.15. The van der Waals surface area contributed by atoms with E-state index in [0.717, 1.165) is 25.5 Å². The van der Waals surface area contributed by atoms with Crippen LogP contribution in [0.15, 0.2) is 4.99 Å². The average Bonchev–Trinajstić information content (AvgIpc) is 2.39. The Morgan fingerprint density at radius 2 is 1.90 bits per heavy atom. The van der Waals surface area contributed by atoms with Crippen LogP contribution < -0.4 is 10.6 Å². The van der Waals surface area contributed by atoms with Crippen molar-refractivity contribution in [1.82, 2.24) is 15.5 Å². The number of rotatable bonds is 9. The Hall–Kier alpha value is -0.180. The number of carbonyl (C=O) groups is 1. The topological polar surface area (TPSA) is 56.7 Å². The molecule has 5 nitrogen and oxygen atoms in total. The van der Waals surface area contributed by atoms with Gasteiger partial charge in [0.25, 0.3) is 0 Å². The molecule has 0 rings (SSSR count). The summed E-state index contributed by atoms with van der Waals surface area (Å²) in [6.07, 6.45) is 4.43. The van der Waals surface area contributed by atoms with Crippen molar-refractivity contribution in [1.29, 1.82) is 0 Å². The number of aliphatic imine (C=N–C) groups is 1. The molecule has 0 heterocycles. The minimum Gasteiger partial charge on any atom is -0.356 e. The Morgan fingerprint density at radius 3 is 2.43 bits per heavy atom. The van der Waals surface area contributed by atoms with Gasteiger partial charge in [-0.1, -0.05) is 13.8 Å². The van der Waals surface area contributed by atoms with Crippen molar-refractivity contribution in [3.05, 3.63) is 0 Å². The summed E-state index contributed by atoms with van der Waals surface area (Å²) in [5.41, 5.74) is 0. The number of unbranched alkanes of at least 4 members (excludes halogenated alkanes) is 1. The molecule has 0 aromatic heterocycles. The summed E-state index contributed by atoms with van der Waals surface area (Å²) >= 11 is 1.87. The van der Waals surface area contributed by atoms with Gasteiger partial charge >= 0.3 is 0 Å². The van der Waals surface area contributed by atoms with Crippen LogP contribution in [0.3, 0.4) is 0 Å². The molecular formula is C14H31IN4OS. The molecule has 0 aromatic rings. The maximum absolute atomic E-state index is 11.6. The first kappa shape index (κ1) is 23.1. The molecule has 0 unspecified atom stereocenters. The van der Waals surface area contributed by atoms with E-state index in [9.17, 15) is 4.79 Å². The SMILES string of the molecule is CSCCCCNC(=NCC(=O)N(C)C)NCC(C)C.I. The molecule has 0 saturated carbocycles. The second-order valence-corrected chi connectivity index (χ2v) is 6.34. The van der Waals surface area contributed by atoms with Crippen LogP contribution >= 0.6 is 35.7 Å². The number of likely N-dealkylation sites (N-methyl/N-ethyl adjacent to an activating group) is 1. The highest BCUT2D eigenvalue weighted by molar-refractivity contribution is 14.0. The molecular weight excluding hydrogens is 399 g/mol. The van der Waals surface area contributed by atoms with Gasteiger partial charge in [-0.2, -0.15) is 11.8 Å². The summed E-state index contributed by atoms with van der Waals surface area (Å²) in [7, 11) is 3.49. The fourth-order valence-electron chi connectivity index (χ4n) is 1.34. The number of guanidine groups is 1. The number of amides is 1. The van der Waals surface area contributed by atoms with Crippen molar-refractivity contribution < 1.29 is 4.79 Å². The van der Waals surface area contributed by atoms with E-state index in [1.54, 1.807) is 19.0 Å². The zero-order valence-electron chi connectivity index (χ0n) is 13.9. The van der Waals surface area contributed by atoms with E-state index in [0.29, 0.717) is 5.92 Å². The van der Waals surface area contributed by atoms with Crippen molar-refractivity contribution in [2.75, 3.05) is 45.7 Å². The monoisotopic (exact) mass is 430 g/mol. The standard InChI is InChI=1S/C14H30N4OS.HI/c1-12(2)10-16-14(15-8-6-7-9-20-5)17-11-13(19)18(3)4;/h12H,6-11H2,1-5H3,(H2,15,16,17);1H. The summed E-state index contributed by atoms with van der Waals surface area (Å²) in [5.74, 6) is 2.48. The minimum atomic E-state index is 0. The van der Waals surface area contributed by atoms with E-state index in [4.69, 9.17) is 0 Å². The van der Waals surface area contributed by atoms with Gasteiger partial charge in [-0.3, -0.25) is 4.79 Å². The van der Waals surface area contributed by atoms with Crippen LogP contribution in [0.5, 0.6) is 0 Å². The third-order valence-corrected chi connectivity index (χ3v) is 3.31. The van der Waals surface area contributed by atoms with Crippen LogP contribution in [-0.2, 0) is 4.79 Å². The third kappa shape index (κ3) is 14.5. The molecule has 0 saturated heterocycles. The van der Waals surface area contributed by atoms with Crippen molar-refractivity contribution in [3.63, 3.8) is 0 Å². The van der Waals surface area contributed by atoms with Crippen LogP contribution in [0, 0.1) is 5.92 Å². The van der Waals surface area contributed by atoms with Gasteiger partial charge in [0.15, 0.2) is 5.96 Å². The first-order valence-electron chi connectivity index (χ1n) is 7.18. The average molecular weight is 430 g/mol. The maximum atomic E-state index is 11.6. The molecule has 126 valence electrons. The molecule has 0 bridgehead atoms. The van der Waals surface area contributed by atoms with Crippen LogP contribution in [0.4, 0.5) is 0 Å². The fraction of sp³-hybridized carbons (Fsp3) is 0.857. The molecule has 0 aromatic carbocycles. The summed E-state index contributed by atoms with van der Waals surface area (Å²) in [4.78, 5) is 17.5. The van der Waals surface area contributed by atoms with Gasteiger partial charge in [0.2, 0.25) is 5.91 Å². The smallest absolute Gasteiger partial charge is 0.243 e. The van der Waals surface area contributed by atoms with E-state index < -0.39 is 0 Å². The number of hydrogen-bond acceptors (Lipinski definition) is 3. The summed E-state index contributed by atoms with van der Waals surface area (Å²) < 4.78 is 0. The molecule has 0 atom stereocenters. The number of hydrogen-bond donors (Lipinski definition) is 2. The van der Waals surface area contributed by atoms with E-state index in [2.05, 4.69) is 35.7 Å². The normalized spacial score (nSPS) is 11.0. The molecule has 0 aliphatic heterocycles. The highest BCUT2D eigenvalue weighted by Crippen LogP contribution is 1.97. The Kier molecular flexibility index (Phi) is 16.2. The Morgan fingerprint density at radius 1 is 1.24 bits per heavy atom. The van der Waals surface area contributed by atoms with Crippen molar-refractivity contribution in [2.24, 2.45) is 10.9 Å². The number of carbonyl (C=O) groups excluding carboxylic acids is 1. The Bertz CT molecular complexity index is 299. The first-order valence-corrected chi connectivity index (χ1v) is 8.58. The van der Waals surface area contributed by atoms with Gasteiger partial charge in [0.05, 0.1) is 0 Å². The van der Waals surface area contributed by atoms with Gasteiger partial charge in [-0.05, 0) is 30.8 Å². The maximum Gasteiger partial charge on any atom is 0.243 e. The highest BCUT2D eigenvalue weighted by Gasteiger charge is 2.04. The summed E-state index contributed by atoms with van der Waals surface area (Å²) in [6.45, 7) is 6.22. The molecule has 21 heavy (non-hydrogen) atoms. The van der Waals surface area contributed by atoms with Crippen LogP contribution in [0.1, 0.15) is 26.7 Å². The zero-order chi connectivity index (χ0) is 15.4. The van der Waals surface area contributed by atoms with Gasteiger partial charge in [-0.25, -0.2) is 4.99 Å². The summed E-state index contributed by atoms with van der Waals surface area (Å²) in [6, 6.07) is 0. The third-order valence-electron chi connectivity index (χ3n) is 2.62. The Labute approximate surface area is 151 Å². The lowest BCUT2D eigenvalue weighted by Crippen LogP contribution is -2.40. The predicted molar refractivity (Wildman–Crippen MR) is 105 cm³/mol. The van der Waals surface area contributed by atoms with Gasteiger partial charge < -0.3 is 15.5 Å². The number of thioether (sulfide) groups is 1. The number of nitrogens with zero attached hydrogens (tertiary/aromatic N) is 2. The van der Waals surface area contributed by atoms with Crippen molar-refractivity contribution in [3.8, 4) is 0 Å². The Balaban J connectivity index is 0. The molecule has 1 amide bonds. The molecule has 7 heteroatoms. The van der Waals surface area contributed by atoms with E-state index >= 15 is 0 Å². The number of nitrogens with one attached hydrogen (secondary N) is 2. The van der Waals surface area contributed by atoms with E-state index in [1.807, 2.05) is 11.8 Å². The van der Waals surface area contributed by atoms with Gasteiger partial charge in [0.1, 0.15) is 6.54 Å². The number of halogens is 1. The summed E-state index contributed by atoms with van der Waals surface area (Å²) in [5, 5.41) is 6.55. The first-order chi connectivity index (χ1) is 9.47. The van der Waals surface area contributed by atoms with Crippen molar-refractivity contribution in [2.45, 2.75) is 26.7 Å². The highest BCUT2D eigenvalue weighted by atomic mass is 127. The molecule has 2 N–H and O–H groups in total. The van der Waals surface area contributed by atoms with Crippen LogP contribution in [0.25, 0.3) is 0 Å². The second kappa shape index (κ2) is 14.7. The zero-order valence-corrected chi connectivity index (χ0v) is 17.1. The van der Waals surface area contributed by atoms with Gasteiger partial charge in [0, 0.05) is 27.2 Å². The van der Waals surface area contributed by atoms with Crippen molar-refractivity contribution >= 4 is 47.6 Å². The fourth-order valence-corrected chi connectivity index (χ4v) is 1.83. The van der Waals surface area contributed by atoms with Crippen LogP contribution in [-0.4, -0.2) is 62.5 Å². The molecule has 0 aliphatic carbocycles. The quantitative estimate of drug-likeness (QED) is 0.254. The molecule has 0 radical (unpaired) electrons. The predicted octanol–water partition coefficient (Wildman–Crippen LogP) is 2.03. The van der Waals surface area contributed by atoms with E-state index in [1.165, 1.54) is 12.2 Å². The largest absolute Gasteiger partial charge is 0.356 e. The second-order valence-electron chi connectivity index (χ2n) is 5.35. The molecule has 0 aliphatic rings. The lowest BCUT2D eigenvalue weighted by atomic mass is 10.2. The van der Waals surface area contributed by atoms with Gasteiger partial charge in [-0.15, -0.1) is 24.0 Å². The van der Waals surface area contributed by atoms with E-state index in [-0.39, 0.29) is 36.4 Å². The minimum absolute atomic E-state index is 0. The molecule has 0 fully saturated rings. The van der Waals surface area contributed by atoms with Crippen LogP contribution in [0.2, 0.25) is 0 Å². The lowest BCUT2D eigenvalue weighted by molar-refractivity contribution is -0.127. The molecule has 0 spiro atoms.